The van der Waals surface area contributed by atoms with Crippen LogP contribution in [0.4, 0.5) is 4.39 Å². The Kier molecular flexibility index (Phi) is 7.06. The van der Waals surface area contributed by atoms with E-state index in [0.717, 1.165) is 0 Å². The van der Waals surface area contributed by atoms with E-state index < -0.39 is 23.7 Å². The van der Waals surface area contributed by atoms with Crippen LogP contribution in [0.5, 0.6) is 11.5 Å². The van der Waals surface area contributed by atoms with Gasteiger partial charge in [0.15, 0.2) is 24.3 Å². The number of para-hydroxylation sites is 1. The van der Waals surface area contributed by atoms with Crippen molar-refractivity contribution in [3.05, 3.63) is 58.3 Å². The fourth-order valence-electron chi connectivity index (χ4n) is 1.79. The third-order valence-electron chi connectivity index (χ3n) is 3.09. The van der Waals surface area contributed by atoms with Crippen molar-refractivity contribution in [2.45, 2.75) is 13.0 Å². The second kappa shape index (κ2) is 9.26. The lowest BCUT2D eigenvalue weighted by Crippen LogP contribution is -2.48. The maximum Gasteiger partial charge on any atom is 0.279 e. The highest BCUT2D eigenvalue weighted by Crippen LogP contribution is 2.27. The van der Waals surface area contributed by atoms with Gasteiger partial charge in [-0.2, -0.15) is 0 Å². The number of hydrogen-bond acceptors (Lipinski definition) is 4. The van der Waals surface area contributed by atoms with Crippen LogP contribution >= 0.6 is 23.2 Å². The Balaban J connectivity index is 1.77. The molecule has 0 spiro atoms. The molecule has 0 aliphatic carbocycles. The number of carbonyl (C=O) groups excluding carboxylic acids is 2. The molecular formula is C17H15Cl2FN2O4. The molecule has 2 N–H and O–H groups in total. The van der Waals surface area contributed by atoms with Crippen LogP contribution in [-0.2, 0) is 9.59 Å². The van der Waals surface area contributed by atoms with Gasteiger partial charge in [0.2, 0.25) is 0 Å². The van der Waals surface area contributed by atoms with Crippen molar-refractivity contribution in [1.82, 2.24) is 10.9 Å². The third kappa shape index (κ3) is 5.79. The van der Waals surface area contributed by atoms with Gasteiger partial charge in [-0.3, -0.25) is 20.4 Å². The van der Waals surface area contributed by atoms with Crippen LogP contribution < -0.4 is 20.3 Å². The van der Waals surface area contributed by atoms with Gasteiger partial charge in [0.1, 0.15) is 5.75 Å². The first-order valence-corrected chi connectivity index (χ1v) is 8.20. The van der Waals surface area contributed by atoms with Gasteiger partial charge in [-0.05, 0) is 37.3 Å². The number of nitrogens with one attached hydrogen (secondary N) is 2. The van der Waals surface area contributed by atoms with Crippen LogP contribution in [0.3, 0.4) is 0 Å². The smallest absolute Gasteiger partial charge is 0.279 e. The highest BCUT2D eigenvalue weighted by Gasteiger charge is 2.17. The Morgan fingerprint density at radius 2 is 1.85 bits per heavy atom. The average molecular weight is 401 g/mol. The van der Waals surface area contributed by atoms with E-state index >= 15 is 0 Å². The topological polar surface area (TPSA) is 76.7 Å². The van der Waals surface area contributed by atoms with Crippen molar-refractivity contribution in [2.24, 2.45) is 0 Å². The third-order valence-corrected chi connectivity index (χ3v) is 3.62. The number of amides is 2. The first-order chi connectivity index (χ1) is 12.4. The molecule has 0 heterocycles. The molecule has 0 aliphatic heterocycles. The molecule has 0 saturated carbocycles. The van der Waals surface area contributed by atoms with E-state index in [1.165, 1.54) is 37.3 Å². The predicted molar refractivity (Wildman–Crippen MR) is 94.7 cm³/mol. The Morgan fingerprint density at radius 3 is 2.54 bits per heavy atom. The molecule has 138 valence electrons. The fraction of sp³-hybridized carbons (Fsp3) is 0.176. The minimum atomic E-state index is -1.03. The van der Waals surface area contributed by atoms with Crippen molar-refractivity contribution < 1.29 is 23.5 Å². The molecular weight excluding hydrogens is 386 g/mol. The van der Waals surface area contributed by atoms with Crippen molar-refractivity contribution in [2.75, 3.05) is 6.61 Å². The fourth-order valence-corrected chi connectivity index (χ4v) is 2.25. The lowest BCUT2D eigenvalue weighted by Gasteiger charge is -2.15. The number of halogens is 3. The molecule has 26 heavy (non-hydrogen) atoms. The summed E-state index contributed by atoms with van der Waals surface area (Å²) in [4.78, 5) is 23.6. The van der Waals surface area contributed by atoms with Gasteiger partial charge >= 0.3 is 0 Å². The molecule has 0 aliphatic rings. The summed E-state index contributed by atoms with van der Waals surface area (Å²) in [5, 5.41) is 0.684. The minimum Gasteiger partial charge on any atom is -0.482 e. The lowest BCUT2D eigenvalue weighted by atomic mass is 10.3. The van der Waals surface area contributed by atoms with Gasteiger partial charge in [-0.15, -0.1) is 0 Å². The molecule has 0 aromatic heterocycles. The monoisotopic (exact) mass is 400 g/mol. The molecule has 0 saturated heterocycles. The number of carbonyl (C=O) groups is 2. The van der Waals surface area contributed by atoms with Crippen LogP contribution in [0.1, 0.15) is 6.92 Å². The van der Waals surface area contributed by atoms with E-state index in [0.29, 0.717) is 5.02 Å². The Bertz CT molecular complexity index is 804. The number of rotatable bonds is 6. The number of ether oxygens (including phenoxy) is 2. The van der Waals surface area contributed by atoms with E-state index in [2.05, 4.69) is 10.9 Å². The SMILES string of the molecule is C[C@@H](Oc1ccccc1F)C(=O)NNC(=O)COc1ccc(Cl)cc1Cl. The van der Waals surface area contributed by atoms with Crippen molar-refractivity contribution in [3.63, 3.8) is 0 Å². The Morgan fingerprint density at radius 1 is 1.12 bits per heavy atom. The Hall–Kier alpha value is -2.51. The second-order valence-electron chi connectivity index (χ2n) is 5.09. The van der Waals surface area contributed by atoms with Crippen molar-refractivity contribution in [3.8, 4) is 11.5 Å². The molecule has 0 bridgehead atoms. The van der Waals surface area contributed by atoms with Crippen LogP contribution in [0.25, 0.3) is 0 Å². The molecule has 0 fully saturated rings. The maximum absolute atomic E-state index is 13.5. The summed E-state index contributed by atoms with van der Waals surface area (Å²) in [5.41, 5.74) is 4.32. The summed E-state index contributed by atoms with van der Waals surface area (Å²) in [6, 6.07) is 10.2. The average Bonchev–Trinajstić information content (AvgIpc) is 2.60. The zero-order valence-corrected chi connectivity index (χ0v) is 15.1. The Labute approximate surface area is 159 Å². The van der Waals surface area contributed by atoms with E-state index in [-0.39, 0.29) is 23.1 Å². The van der Waals surface area contributed by atoms with E-state index in [1.807, 2.05) is 0 Å². The molecule has 9 heteroatoms. The molecule has 2 aromatic rings. The van der Waals surface area contributed by atoms with Gasteiger partial charge in [0, 0.05) is 5.02 Å². The standard InChI is InChI=1S/C17H15Cl2FN2O4/c1-10(26-15-5-3-2-4-13(15)20)17(24)22-21-16(23)9-25-14-7-6-11(18)8-12(14)19/h2-8,10H,9H2,1H3,(H,21,23)(H,22,24)/t10-/m1/s1. The summed E-state index contributed by atoms with van der Waals surface area (Å²) >= 11 is 11.7. The molecule has 2 amide bonds. The van der Waals surface area contributed by atoms with Crippen molar-refractivity contribution in [1.29, 1.82) is 0 Å². The van der Waals surface area contributed by atoms with Gasteiger partial charge in [-0.1, -0.05) is 35.3 Å². The molecule has 2 rings (SSSR count). The van der Waals surface area contributed by atoms with Gasteiger partial charge in [0.25, 0.3) is 11.8 Å². The first-order valence-electron chi connectivity index (χ1n) is 7.44. The molecule has 0 radical (unpaired) electrons. The van der Waals surface area contributed by atoms with Crippen LogP contribution in [0.2, 0.25) is 10.0 Å². The normalized spacial score (nSPS) is 11.4. The number of hydrogen-bond donors (Lipinski definition) is 2. The minimum absolute atomic E-state index is 0.0674. The molecule has 1 atom stereocenters. The van der Waals surface area contributed by atoms with Crippen LogP contribution in [-0.4, -0.2) is 24.5 Å². The van der Waals surface area contributed by atoms with E-state index in [9.17, 15) is 14.0 Å². The second-order valence-corrected chi connectivity index (χ2v) is 5.93. The molecule has 2 aromatic carbocycles. The van der Waals surface area contributed by atoms with E-state index in [4.69, 9.17) is 32.7 Å². The zero-order valence-electron chi connectivity index (χ0n) is 13.6. The molecule has 0 unspecified atom stereocenters. The number of hydrazine groups is 1. The highest BCUT2D eigenvalue weighted by atomic mass is 35.5. The van der Waals surface area contributed by atoms with Crippen molar-refractivity contribution >= 4 is 35.0 Å². The predicted octanol–water partition coefficient (Wildman–Crippen LogP) is 3.13. The largest absolute Gasteiger partial charge is 0.482 e. The first kappa shape index (κ1) is 19.8. The molecule has 6 nitrogen and oxygen atoms in total. The zero-order chi connectivity index (χ0) is 19.1. The van der Waals surface area contributed by atoms with Gasteiger partial charge in [-0.25, -0.2) is 4.39 Å². The van der Waals surface area contributed by atoms with Gasteiger partial charge < -0.3 is 9.47 Å². The summed E-state index contributed by atoms with van der Waals surface area (Å²) in [5.74, 6) is -1.67. The summed E-state index contributed by atoms with van der Waals surface area (Å²) in [7, 11) is 0. The lowest BCUT2D eigenvalue weighted by molar-refractivity contribution is -0.133. The summed E-state index contributed by atoms with van der Waals surface area (Å²) < 4.78 is 23.9. The van der Waals surface area contributed by atoms with Crippen LogP contribution in [0.15, 0.2) is 42.5 Å². The van der Waals surface area contributed by atoms with E-state index in [1.54, 1.807) is 12.1 Å². The number of benzene rings is 2. The summed E-state index contributed by atoms with van der Waals surface area (Å²) in [6.07, 6.45) is -1.03. The highest BCUT2D eigenvalue weighted by molar-refractivity contribution is 6.35. The summed E-state index contributed by atoms with van der Waals surface area (Å²) in [6.45, 7) is 1.03. The van der Waals surface area contributed by atoms with Gasteiger partial charge in [0.05, 0.1) is 5.02 Å². The van der Waals surface area contributed by atoms with Crippen LogP contribution in [0, 0.1) is 5.82 Å². The quantitative estimate of drug-likeness (QED) is 0.730. The maximum atomic E-state index is 13.5.